The Hall–Kier alpha value is -2.57. The summed E-state index contributed by atoms with van der Waals surface area (Å²) in [5.74, 6) is -1.09. The predicted octanol–water partition coefficient (Wildman–Crippen LogP) is 3.12. The summed E-state index contributed by atoms with van der Waals surface area (Å²) in [6.45, 7) is 7.93. The lowest BCUT2D eigenvalue weighted by Gasteiger charge is -2.32. The minimum Gasteiger partial charge on any atom is -0.455 e. The van der Waals surface area contributed by atoms with Crippen LogP contribution in [0.5, 0.6) is 0 Å². The van der Waals surface area contributed by atoms with E-state index in [-0.39, 0.29) is 24.5 Å². The van der Waals surface area contributed by atoms with Gasteiger partial charge in [-0.1, -0.05) is 12.1 Å². The highest BCUT2D eigenvalue weighted by Gasteiger charge is 2.30. The number of hydrogen-bond donors (Lipinski definition) is 1. The van der Waals surface area contributed by atoms with Crippen LogP contribution in [0.3, 0.4) is 0 Å². The van der Waals surface area contributed by atoms with E-state index in [1.165, 1.54) is 0 Å². The fourth-order valence-electron chi connectivity index (χ4n) is 2.80. The Morgan fingerprint density at radius 3 is 2.44 bits per heavy atom. The van der Waals surface area contributed by atoms with E-state index in [1.807, 2.05) is 45.9 Å². The summed E-state index contributed by atoms with van der Waals surface area (Å²) in [5.41, 5.74) is 1.15. The molecule has 0 atom stereocenters. The van der Waals surface area contributed by atoms with Crippen LogP contribution in [0.15, 0.2) is 24.3 Å². The fraction of sp³-hybridized carbons (Fsp3) is 0.550. The molecule has 0 aliphatic carbocycles. The van der Waals surface area contributed by atoms with Crippen molar-refractivity contribution < 1.29 is 23.9 Å². The van der Waals surface area contributed by atoms with Gasteiger partial charge in [0, 0.05) is 18.8 Å². The van der Waals surface area contributed by atoms with Gasteiger partial charge < -0.3 is 19.7 Å². The van der Waals surface area contributed by atoms with Crippen LogP contribution < -0.4 is 5.32 Å². The second-order valence-electron chi connectivity index (χ2n) is 7.77. The van der Waals surface area contributed by atoms with Gasteiger partial charge in [-0.25, -0.2) is 4.79 Å². The van der Waals surface area contributed by atoms with Gasteiger partial charge in [0.1, 0.15) is 5.60 Å². The lowest BCUT2D eigenvalue weighted by atomic mass is 9.97. The maximum absolute atomic E-state index is 12.2. The second-order valence-corrected chi connectivity index (χ2v) is 7.77. The molecule has 1 saturated heterocycles. The molecule has 1 aromatic carbocycles. The molecule has 0 saturated carbocycles. The Bertz CT molecular complexity index is 688. The van der Waals surface area contributed by atoms with Crippen molar-refractivity contribution in [2.24, 2.45) is 5.92 Å². The van der Waals surface area contributed by atoms with Crippen molar-refractivity contribution >= 4 is 23.7 Å². The first-order valence-corrected chi connectivity index (χ1v) is 9.15. The van der Waals surface area contributed by atoms with Crippen molar-refractivity contribution in [3.63, 3.8) is 0 Å². The number of likely N-dealkylation sites (tertiary alicyclic amines) is 1. The first-order valence-electron chi connectivity index (χ1n) is 9.15. The van der Waals surface area contributed by atoms with Crippen molar-refractivity contribution in [1.29, 1.82) is 0 Å². The van der Waals surface area contributed by atoms with Crippen molar-refractivity contribution in [1.82, 2.24) is 4.90 Å². The van der Waals surface area contributed by atoms with E-state index < -0.39 is 11.6 Å². The molecule has 1 aliphatic rings. The van der Waals surface area contributed by atoms with Crippen molar-refractivity contribution in [3.8, 4) is 0 Å². The molecule has 27 heavy (non-hydrogen) atoms. The van der Waals surface area contributed by atoms with Crippen molar-refractivity contribution in [3.05, 3.63) is 29.8 Å². The van der Waals surface area contributed by atoms with Crippen LogP contribution >= 0.6 is 0 Å². The molecule has 1 N–H and O–H groups in total. The third-order valence-corrected chi connectivity index (χ3v) is 4.13. The number of carbonyl (C=O) groups is 3. The number of esters is 1. The summed E-state index contributed by atoms with van der Waals surface area (Å²) >= 11 is 0. The largest absolute Gasteiger partial charge is 0.455 e. The lowest BCUT2D eigenvalue weighted by Crippen LogP contribution is -2.43. The Labute approximate surface area is 160 Å². The highest BCUT2D eigenvalue weighted by atomic mass is 16.6. The number of hydrogen-bond acceptors (Lipinski definition) is 5. The number of aryl methyl sites for hydroxylation is 1. The van der Waals surface area contributed by atoms with E-state index >= 15 is 0 Å². The maximum atomic E-state index is 12.2. The molecule has 7 heteroatoms. The van der Waals surface area contributed by atoms with Gasteiger partial charge in [0.15, 0.2) is 6.61 Å². The van der Waals surface area contributed by atoms with Gasteiger partial charge in [0.05, 0.1) is 5.92 Å². The van der Waals surface area contributed by atoms with Crippen LogP contribution in [0, 0.1) is 12.8 Å². The first-order chi connectivity index (χ1) is 12.6. The third-order valence-electron chi connectivity index (χ3n) is 4.13. The zero-order valence-electron chi connectivity index (χ0n) is 16.4. The maximum Gasteiger partial charge on any atom is 0.410 e. The van der Waals surface area contributed by atoms with E-state index in [2.05, 4.69) is 5.32 Å². The third kappa shape index (κ3) is 6.92. The summed E-state index contributed by atoms with van der Waals surface area (Å²) in [5, 5.41) is 2.70. The summed E-state index contributed by atoms with van der Waals surface area (Å²) in [4.78, 5) is 37.7. The average molecular weight is 376 g/mol. The number of nitrogens with one attached hydrogen (secondary N) is 1. The number of carbonyl (C=O) groups excluding carboxylic acids is 3. The quantitative estimate of drug-likeness (QED) is 0.816. The Balaban J connectivity index is 1.73. The van der Waals surface area contributed by atoms with E-state index in [0.29, 0.717) is 31.6 Å². The molecule has 1 fully saturated rings. The van der Waals surface area contributed by atoms with Gasteiger partial charge >= 0.3 is 12.1 Å². The lowest BCUT2D eigenvalue weighted by molar-refractivity contribution is -0.153. The summed E-state index contributed by atoms with van der Waals surface area (Å²) in [6.07, 6.45) is 0.627. The zero-order chi connectivity index (χ0) is 20.0. The van der Waals surface area contributed by atoms with Gasteiger partial charge in [-0.2, -0.15) is 0 Å². The molecule has 0 radical (unpaired) electrons. The normalized spacial score (nSPS) is 15.2. The summed E-state index contributed by atoms with van der Waals surface area (Å²) in [6, 6.07) is 7.39. The van der Waals surface area contributed by atoms with E-state index in [1.54, 1.807) is 11.0 Å². The van der Waals surface area contributed by atoms with E-state index in [4.69, 9.17) is 9.47 Å². The molecule has 1 aromatic rings. The SMILES string of the molecule is Cc1cccc(NC(=O)COC(=O)C2CCN(C(=O)OC(C)(C)C)CC2)c1. The molecule has 7 nitrogen and oxygen atoms in total. The van der Waals surface area contributed by atoms with Gasteiger partial charge in [-0.3, -0.25) is 9.59 Å². The molecule has 2 rings (SSSR count). The zero-order valence-corrected chi connectivity index (χ0v) is 16.4. The minimum atomic E-state index is -0.544. The van der Waals surface area contributed by atoms with Gasteiger partial charge in [-0.05, 0) is 58.2 Å². The molecule has 2 amide bonds. The van der Waals surface area contributed by atoms with E-state index in [0.717, 1.165) is 5.56 Å². The van der Waals surface area contributed by atoms with Crippen LogP contribution in [0.1, 0.15) is 39.2 Å². The second kappa shape index (κ2) is 8.88. The van der Waals surface area contributed by atoms with Crippen molar-refractivity contribution in [2.75, 3.05) is 25.0 Å². The molecule has 0 aromatic heterocycles. The summed E-state index contributed by atoms with van der Waals surface area (Å²) in [7, 11) is 0. The smallest absolute Gasteiger partial charge is 0.410 e. The number of rotatable bonds is 4. The van der Waals surface area contributed by atoms with Crippen LogP contribution in [0.2, 0.25) is 0 Å². The Kier molecular flexibility index (Phi) is 6.82. The van der Waals surface area contributed by atoms with Gasteiger partial charge in [0.2, 0.25) is 0 Å². The number of anilines is 1. The minimum absolute atomic E-state index is 0.310. The monoisotopic (exact) mass is 376 g/mol. The fourth-order valence-corrected chi connectivity index (χ4v) is 2.80. The number of piperidine rings is 1. The Morgan fingerprint density at radius 1 is 1.19 bits per heavy atom. The molecule has 0 spiro atoms. The van der Waals surface area contributed by atoms with Gasteiger partial charge in [0.25, 0.3) is 5.91 Å². The van der Waals surface area contributed by atoms with Gasteiger partial charge in [-0.15, -0.1) is 0 Å². The highest BCUT2D eigenvalue weighted by molar-refractivity contribution is 5.93. The average Bonchev–Trinajstić information content (AvgIpc) is 2.58. The van der Waals surface area contributed by atoms with Crippen LogP contribution in [0.25, 0.3) is 0 Å². The van der Waals surface area contributed by atoms with Crippen LogP contribution in [0.4, 0.5) is 10.5 Å². The van der Waals surface area contributed by atoms with Crippen molar-refractivity contribution in [2.45, 2.75) is 46.1 Å². The van der Waals surface area contributed by atoms with Crippen LogP contribution in [-0.4, -0.2) is 48.2 Å². The molecular weight excluding hydrogens is 348 g/mol. The summed E-state index contributed by atoms with van der Waals surface area (Å²) < 4.78 is 10.5. The predicted molar refractivity (Wildman–Crippen MR) is 101 cm³/mol. The molecule has 1 heterocycles. The number of ether oxygens (including phenoxy) is 2. The molecule has 0 unspecified atom stereocenters. The number of benzene rings is 1. The highest BCUT2D eigenvalue weighted by Crippen LogP contribution is 2.21. The van der Waals surface area contributed by atoms with Crippen LogP contribution in [-0.2, 0) is 19.1 Å². The standard InChI is InChI=1S/C20H28N2O5/c1-14-6-5-7-16(12-14)21-17(23)13-26-18(24)15-8-10-22(11-9-15)19(25)27-20(2,3)4/h5-7,12,15H,8-11,13H2,1-4H3,(H,21,23). The number of nitrogens with zero attached hydrogens (tertiary/aromatic N) is 1. The number of amides is 2. The van der Waals surface area contributed by atoms with E-state index in [9.17, 15) is 14.4 Å². The first kappa shape index (κ1) is 20.7. The molecule has 1 aliphatic heterocycles. The molecular formula is C20H28N2O5. The topological polar surface area (TPSA) is 84.9 Å². The Morgan fingerprint density at radius 2 is 1.85 bits per heavy atom. The molecule has 148 valence electrons. The molecule has 0 bridgehead atoms.